The smallest absolute Gasteiger partial charge is 0.191 e. The monoisotopic (exact) mass is 291 g/mol. The number of unbranched alkanes of at least 4 members (excludes halogenated alkanes) is 1. The highest BCUT2D eigenvalue weighted by molar-refractivity contribution is 7.99. The molecule has 0 aromatic carbocycles. The summed E-state index contributed by atoms with van der Waals surface area (Å²) in [6.07, 6.45) is 4.32. The van der Waals surface area contributed by atoms with E-state index >= 15 is 0 Å². The number of anilines is 2. The van der Waals surface area contributed by atoms with E-state index in [1.807, 2.05) is 6.07 Å². The van der Waals surface area contributed by atoms with Crippen LogP contribution in [-0.2, 0) is 0 Å². The molecule has 1 saturated heterocycles. The standard InChI is InChI=1S/C14H21N5S/c1-2-3-7-20-14-17-12(16)8-13(18-14)19-6-4-5-11(9-15)10-19/h8,11H,2-7,10H2,1H3,(H2,16,17,18). The number of nitrogens with zero attached hydrogens (tertiary/aromatic N) is 4. The third-order valence-electron chi connectivity index (χ3n) is 3.37. The maximum Gasteiger partial charge on any atom is 0.191 e. The number of thioether (sulfide) groups is 1. The molecule has 6 heteroatoms. The molecule has 0 amide bonds. The molecule has 108 valence electrons. The summed E-state index contributed by atoms with van der Waals surface area (Å²) in [5.74, 6) is 2.47. The Labute approximate surface area is 124 Å². The summed E-state index contributed by atoms with van der Waals surface area (Å²) in [7, 11) is 0. The molecule has 1 aromatic heterocycles. The first-order valence-corrected chi connectivity index (χ1v) is 8.13. The lowest BCUT2D eigenvalue weighted by Crippen LogP contribution is -2.35. The number of nitrogen functional groups attached to an aromatic ring is 1. The quantitative estimate of drug-likeness (QED) is 0.510. The maximum absolute atomic E-state index is 9.07. The average molecular weight is 291 g/mol. The van der Waals surface area contributed by atoms with Crippen LogP contribution in [0.2, 0.25) is 0 Å². The molecule has 1 aliphatic heterocycles. The van der Waals surface area contributed by atoms with Crippen LogP contribution >= 0.6 is 11.8 Å². The highest BCUT2D eigenvalue weighted by Gasteiger charge is 2.21. The minimum absolute atomic E-state index is 0.0936. The molecule has 5 nitrogen and oxygen atoms in total. The van der Waals surface area contributed by atoms with Gasteiger partial charge in [0, 0.05) is 24.9 Å². The Morgan fingerprint density at radius 3 is 3.15 bits per heavy atom. The number of nitrogens with two attached hydrogens (primary N) is 1. The number of rotatable bonds is 5. The molecule has 2 N–H and O–H groups in total. The van der Waals surface area contributed by atoms with Crippen molar-refractivity contribution in [2.24, 2.45) is 5.92 Å². The Morgan fingerprint density at radius 2 is 2.40 bits per heavy atom. The van der Waals surface area contributed by atoms with E-state index in [2.05, 4.69) is 27.9 Å². The van der Waals surface area contributed by atoms with Crippen molar-refractivity contribution in [2.45, 2.75) is 37.8 Å². The molecule has 20 heavy (non-hydrogen) atoms. The maximum atomic E-state index is 9.07. The first kappa shape index (κ1) is 14.9. The lowest BCUT2D eigenvalue weighted by atomic mass is 10.00. The molecular weight excluding hydrogens is 270 g/mol. The summed E-state index contributed by atoms with van der Waals surface area (Å²) < 4.78 is 0. The predicted molar refractivity (Wildman–Crippen MR) is 82.6 cm³/mol. The number of nitriles is 1. The number of aromatic nitrogens is 2. The fourth-order valence-electron chi connectivity index (χ4n) is 2.26. The van der Waals surface area contributed by atoms with Crippen molar-refractivity contribution in [2.75, 3.05) is 29.5 Å². The van der Waals surface area contributed by atoms with Gasteiger partial charge < -0.3 is 10.6 Å². The van der Waals surface area contributed by atoms with Crippen molar-refractivity contribution in [3.05, 3.63) is 6.07 Å². The molecule has 2 rings (SSSR count). The normalized spacial score (nSPS) is 18.8. The summed E-state index contributed by atoms with van der Waals surface area (Å²) in [6, 6.07) is 4.16. The molecule has 1 atom stereocenters. The zero-order chi connectivity index (χ0) is 14.4. The minimum atomic E-state index is 0.0936. The zero-order valence-electron chi connectivity index (χ0n) is 11.9. The minimum Gasteiger partial charge on any atom is -0.383 e. The van der Waals surface area contributed by atoms with Crippen LogP contribution in [0, 0.1) is 17.2 Å². The van der Waals surface area contributed by atoms with Crippen LogP contribution in [0.15, 0.2) is 11.2 Å². The van der Waals surface area contributed by atoms with Crippen LogP contribution in [0.5, 0.6) is 0 Å². The van der Waals surface area contributed by atoms with Crippen molar-refractivity contribution in [3.63, 3.8) is 0 Å². The van der Waals surface area contributed by atoms with E-state index in [1.54, 1.807) is 11.8 Å². The molecular formula is C14H21N5S. The Bertz CT molecular complexity index is 485. The van der Waals surface area contributed by atoms with Crippen LogP contribution < -0.4 is 10.6 Å². The first-order chi connectivity index (χ1) is 9.72. The summed E-state index contributed by atoms with van der Waals surface area (Å²) in [5.41, 5.74) is 5.88. The Kier molecular flexibility index (Phi) is 5.48. The Balaban J connectivity index is 2.08. The SMILES string of the molecule is CCCCSc1nc(N)cc(N2CCCC(C#N)C2)n1. The predicted octanol–water partition coefficient (Wildman–Crippen LogP) is 2.69. The largest absolute Gasteiger partial charge is 0.383 e. The molecule has 0 bridgehead atoms. The van der Waals surface area contributed by atoms with E-state index in [9.17, 15) is 0 Å². The van der Waals surface area contributed by atoms with Crippen molar-refractivity contribution >= 4 is 23.4 Å². The van der Waals surface area contributed by atoms with Gasteiger partial charge in [0.1, 0.15) is 11.6 Å². The van der Waals surface area contributed by atoms with Crippen LogP contribution in [-0.4, -0.2) is 28.8 Å². The third kappa shape index (κ3) is 4.01. The van der Waals surface area contributed by atoms with Crippen molar-refractivity contribution in [1.29, 1.82) is 5.26 Å². The molecule has 1 fully saturated rings. The third-order valence-corrected chi connectivity index (χ3v) is 4.30. The molecule has 0 radical (unpaired) electrons. The van der Waals surface area contributed by atoms with Gasteiger partial charge in [-0.1, -0.05) is 25.1 Å². The molecule has 2 heterocycles. The first-order valence-electron chi connectivity index (χ1n) is 7.15. The second-order valence-electron chi connectivity index (χ2n) is 5.05. The van der Waals surface area contributed by atoms with E-state index in [4.69, 9.17) is 11.0 Å². The van der Waals surface area contributed by atoms with Gasteiger partial charge in [-0.2, -0.15) is 5.26 Å². The van der Waals surface area contributed by atoms with E-state index < -0.39 is 0 Å². The highest BCUT2D eigenvalue weighted by Crippen LogP contribution is 2.25. The molecule has 1 aliphatic rings. The summed E-state index contributed by atoms with van der Waals surface area (Å²) in [6.45, 7) is 3.85. The fourth-order valence-corrected chi connectivity index (χ4v) is 3.20. The highest BCUT2D eigenvalue weighted by atomic mass is 32.2. The topological polar surface area (TPSA) is 78.8 Å². The van der Waals surface area contributed by atoms with Gasteiger partial charge in [0.05, 0.1) is 12.0 Å². The van der Waals surface area contributed by atoms with Crippen LogP contribution in [0.1, 0.15) is 32.6 Å². The Hall–Kier alpha value is -1.48. The fraction of sp³-hybridized carbons (Fsp3) is 0.643. The second-order valence-corrected chi connectivity index (χ2v) is 6.11. The van der Waals surface area contributed by atoms with Crippen LogP contribution in [0.3, 0.4) is 0 Å². The zero-order valence-corrected chi connectivity index (χ0v) is 12.7. The molecule has 0 aliphatic carbocycles. The summed E-state index contributed by atoms with van der Waals surface area (Å²) in [5, 5.41) is 9.81. The van der Waals surface area contributed by atoms with E-state index in [-0.39, 0.29) is 5.92 Å². The van der Waals surface area contributed by atoms with E-state index in [0.29, 0.717) is 5.82 Å². The van der Waals surface area contributed by atoms with E-state index in [0.717, 1.165) is 55.5 Å². The van der Waals surface area contributed by atoms with E-state index in [1.165, 1.54) is 0 Å². The van der Waals surface area contributed by atoms with Gasteiger partial charge in [0.25, 0.3) is 0 Å². The second kappa shape index (κ2) is 7.34. The van der Waals surface area contributed by atoms with Crippen molar-refractivity contribution in [3.8, 4) is 6.07 Å². The van der Waals surface area contributed by atoms with Gasteiger partial charge >= 0.3 is 0 Å². The number of hydrogen-bond donors (Lipinski definition) is 1. The van der Waals surface area contributed by atoms with Crippen molar-refractivity contribution in [1.82, 2.24) is 9.97 Å². The number of piperidine rings is 1. The average Bonchev–Trinajstić information content (AvgIpc) is 2.47. The number of hydrogen-bond acceptors (Lipinski definition) is 6. The lowest BCUT2D eigenvalue weighted by molar-refractivity contribution is 0.489. The summed E-state index contributed by atoms with van der Waals surface area (Å²) in [4.78, 5) is 11.0. The van der Waals surface area contributed by atoms with Gasteiger partial charge in [-0.05, 0) is 19.3 Å². The molecule has 1 unspecified atom stereocenters. The summed E-state index contributed by atoms with van der Waals surface area (Å²) >= 11 is 1.65. The van der Waals surface area contributed by atoms with Crippen LogP contribution in [0.4, 0.5) is 11.6 Å². The lowest BCUT2D eigenvalue weighted by Gasteiger charge is -2.30. The Morgan fingerprint density at radius 1 is 1.55 bits per heavy atom. The molecule has 1 aromatic rings. The van der Waals surface area contributed by atoms with Gasteiger partial charge in [0.15, 0.2) is 5.16 Å². The van der Waals surface area contributed by atoms with Crippen molar-refractivity contribution < 1.29 is 0 Å². The van der Waals surface area contributed by atoms with Gasteiger partial charge in [0.2, 0.25) is 0 Å². The van der Waals surface area contributed by atoms with Crippen LogP contribution in [0.25, 0.3) is 0 Å². The van der Waals surface area contributed by atoms with Gasteiger partial charge in [-0.25, -0.2) is 9.97 Å². The molecule has 0 saturated carbocycles. The van der Waals surface area contributed by atoms with Gasteiger partial charge in [-0.3, -0.25) is 0 Å². The molecule has 0 spiro atoms. The van der Waals surface area contributed by atoms with Gasteiger partial charge in [-0.15, -0.1) is 0 Å².